The van der Waals surface area contributed by atoms with Crippen molar-refractivity contribution in [3.05, 3.63) is 41.1 Å². The quantitative estimate of drug-likeness (QED) is 0.899. The lowest BCUT2D eigenvalue weighted by Crippen LogP contribution is -2.15. The van der Waals surface area contributed by atoms with E-state index in [0.717, 1.165) is 23.5 Å². The third-order valence-electron chi connectivity index (χ3n) is 3.11. The zero-order valence-electron chi connectivity index (χ0n) is 12.3. The summed E-state index contributed by atoms with van der Waals surface area (Å²) in [5.41, 5.74) is 3.62. The largest absolute Gasteiger partial charge is 0.385 e. The average Bonchev–Trinajstić information content (AvgIpc) is 2.70. The topological polar surface area (TPSA) is 59.0 Å². The van der Waals surface area contributed by atoms with E-state index in [2.05, 4.69) is 15.7 Å². The Morgan fingerprint density at radius 3 is 2.65 bits per heavy atom. The van der Waals surface area contributed by atoms with Gasteiger partial charge in [-0.15, -0.1) is 0 Å². The number of anilines is 2. The van der Waals surface area contributed by atoms with Gasteiger partial charge in [0, 0.05) is 30.9 Å². The molecule has 106 valence electrons. The molecule has 0 saturated heterocycles. The van der Waals surface area contributed by atoms with Crippen molar-refractivity contribution in [3.63, 3.8) is 0 Å². The number of amides is 1. The fraction of sp³-hybridized carbons (Fsp3) is 0.333. The third kappa shape index (κ3) is 2.99. The lowest BCUT2D eigenvalue weighted by molar-refractivity contribution is 0.102. The highest BCUT2D eigenvalue weighted by atomic mass is 16.1. The van der Waals surface area contributed by atoms with Crippen LogP contribution in [0.15, 0.2) is 24.3 Å². The van der Waals surface area contributed by atoms with Crippen LogP contribution in [0.3, 0.4) is 0 Å². The molecule has 0 fully saturated rings. The van der Waals surface area contributed by atoms with Gasteiger partial charge in [0.1, 0.15) is 5.82 Å². The summed E-state index contributed by atoms with van der Waals surface area (Å²) in [6.45, 7) is 6.77. The first-order valence-corrected chi connectivity index (χ1v) is 6.67. The van der Waals surface area contributed by atoms with Crippen LogP contribution in [0.2, 0.25) is 0 Å². The first kappa shape index (κ1) is 14.1. The Balaban J connectivity index is 2.21. The highest BCUT2D eigenvalue weighted by Crippen LogP contribution is 2.18. The number of aromatic nitrogens is 2. The fourth-order valence-corrected chi connectivity index (χ4v) is 2.06. The summed E-state index contributed by atoms with van der Waals surface area (Å²) >= 11 is 0. The number of nitrogens with zero attached hydrogens (tertiary/aromatic N) is 2. The molecule has 0 spiro atoms. The second-order valence-corrected chi connectivity index (χ2v) is 4.81. The van der Waals surface area contributed by atoms with Crippen LogP contribution in [0.4, 0.5) is 11.5 Å². The first-order valence-electron chi connectivity index (χ1n) is 6.67. The normalized spacial score (nSPS) is 10.4. The molecular weight excluding hydrogens is 252 g/mol. The molecule has 20 heavy (non-hydrogen) atoms. The van der Waals surface area contributed by atoms with Gasteiger partial charge in [-0.05, 0) is 38.5 Å². The van der Waals surface area contributed by atoms with Crippen molar-refractivity contribution in [1.29, 1.82) is 0 Å². The smallest absolute Gasteiger partial charge is 0.256 e. The van der Waals surface area contributed by atoms with Gasteiger partial charge in [-0.25, -0.2) is 0 Å². The van der Waals surface area contributed by atoms with Crippen LogP contribution in [0.1, 0.15) is 28.5 Å². The number of aryl methyl sites for hydroxylation is 3. The predicted octanol–water partition coefficient (Wildman–Crippen LogP) is 2.72. The van der Waals surface area contributed by atoms with E-state index in [0.29, 0.717) is 11.4 Å². The third-order valence-corrected chi connectivity index (χ3v) is 3.11. The van der Waals surface area contributed by atoms with E-state index in [-0.39, 0.29) is 5.91 Å². The van der Waals surface area contributed by atoms with Crippen molar-refractivity contribution in [2.75, 3.05) is 17.2 Å². The maximum Gasteiger partial charge on any atom is 0.256 e. The zero-order chi connectivity index (χ0) is 14.7. The van der Waals surface area contributed by atoms with Gasteiger partial charge < -0.3 is 10.6 Å². The maximum atomic E-state index is 12.3. The Hall–Kier alpha value is -2.30. The number of hydrogen-bond acceptors (Lipinski definition) is 3. The van der Waals surface area contributed by atoms with Crippen molar-refractivity contribution in [2.45, 2.75) is 20.8 Å². The van der Waals surface area contributed by atoms with E-state index in [1.807, 2.05) is 52.1 Å². The van der Waals surface area contributed by atoms with Gasteiger partial charge in [-0.3, -0.25) is 9.48 Å². The lowest BCUT2D eigenvalue weighted by Gasteiger charge is -2.10. The highest BCUT2D eigenvalue weighted by molar-refractivity contribution is 6.04. The van der Waals surface area contributed by atoms with Gasteiger partial charge in [0.15, 0.2) is 0 Å². The summed E-state index contributed by atoms with van der Waals surface area (Å²) in [6, 6.07) is 7.49. The second-order valence-electron chi connectivity index (χ2n) is 4.81. The Labute approximate surface area is 119 Å². The van der Waals surface area contributed by atoms with Crippen LogP contribution in [-0.2, 0) is 7.05 Å². The lowest BCUT2D eigenvalue weighted by atomic mass is 10.1. The summed E-state index contributed by atoms with van der Waals surface area (Å²) in [4.78, 5) is 12.3. The van der Waals surface area contributed by atoms with Crippen LogP contribution in [0, 0.1) is 13.8 Å². The molecule has 0 aliphatic heterocycles. The summed E-state index contributed by atoms with van der Waals surface area (Å²) in [5.74, 6) is 0.560. The van der Waals surface area contributed by atoms with Crippen molar-refractivity contribution >= 4 is 17.4 Å². The number of benzene rings is 1. The molecule has 1 aromatic carbocycles. The number of rotatable bonds is 4. The second kappa shape index (κ2) is 5.77. The molecular formula is C15H20N4O. The van der Waals surface area contributed by atoms with Crippen LogP contribution in [0.5, 0.6) is 0 Å². The first-order chi connectivity index (χ1) is 9.51. The molecule has 0 bridgehead atoms. The van der Waals surface area contributed by atoms with Crippen molar-refractivity contribution < 1.29 is 4.79 Å². The molecule has 0 radical (unpaired) electrons. The van der Waals surface area contributed by atoms with Crippen molar-refractivity contribution in [2.24, 2.45) is 7.05 Å². The zero-order valence-corrected chi connectivity index (χ0v) is 12.3. The van der Waals surface area contributed by atoms with Crippen LogP contribution in [-0.4, -0.2) is 22.2 Å². The molecule has 0 aliphatic carbocycles. The number of carbonyl (C=O) groups is 1. The maximum absolute atomic E-state index is 12.3. The molecule has 2 rings (SSSR count). The van der Waals surface area contributed by atoms with E-state index in [1.165, 1.54) is 0 Å². The van der Waals surface area contributed by atoms with Crippen LogP contribution < -0.4 is 10.6 Å². The SMILES string of the molecule is CCNc1cc(C(=O)Nc2cc(C)nn2C)ccc1C. The molecule has 5 nitrogen and oxygen atoms in total. The Kier molecular flexibility index (Phi) is 4.08. The summed E-state index contributed by atoms with van der Waals surface area (Å²) in [6.07, 6.45) is 0. The minimum absolute atomic E-state index is 0.132. The van der Waals surface area contributed by atoms with Gasteiger partial charge in [-0.2, -0.15) is 5.10 Å². The van der Waals surface area contributed by atoms with Gasteiger partial charge in [0.25, 0.3) is 5.91 Å². The standard InChI is InChI=1S/C15H20N4O/c1-5-16-13-9-12(7-6-10(13)2)15(20)17-14-8-11(3)18-19(14)4/h6-9,16H,5H2,1-4H3,(H,17,20). The monoisotopic (exact) mass is 272 g/mol. The molecule has 5 heteroatoms. The van der Waals surface area contributed by atoms with E-state index in [9.17, 15) is 4.79 Å². The molecule has 1 amide bonds. The Morgan fingerprint density at radius 1 is 1.30 bits per heavy atom. The minimum atomic E-state index is -0.132. The molecule has 0 aliphatic rings. The summed E-state index contributed by atoms with van der Waals surface area (Å²) in [5, 5.41) is 10.3. The average molecular weight is 272 g/mol. The van der Waals surface area contributed by atoms with Gasteiger partial charge in [-0.1, -0.05) is 6.07 Å². The fourth-order valence-electron chi connectivity index (χ4n) is 2.06. The van der Waals surface area contributed by atoms with Crippen molar-refractivity contribution in [3.8, 4) is 0 Å². The van der Waals surface area contributed by atoms with E-state index in [4.69, 9.17) is 0 Å². The number of nitrogens with one attached hydrogen (secondary N) is 2. The van der Waals surface area contributed by atoms with Crippen LogP contribution >= 0.6 is 0 Å². The summed E-state index contributed by atoms with van der Waals surface area (Å²) < 4.78 is 1.66. The Bertz CT molecular complexity index is 631. The summed E-state index contributed by atoms with van der Waals surface area (Å²) in [7, 11) is 1.81. The van der Waals surface area contributed by atoms with Crippen molar-refractivity contribution in [1.82, 2.24) is 9.78 Å². The minimum Gasteiger partial charge on any atom is -0.385 e. The predicted molar refractivity (Wildman–Crippen MR) is 81.2 cm³/mol. The van der Waals surface area contributed by atoms with E-state index >= 15 is 0 Å². The Morgan fingerprint density at radius 2 is 2.05 bits per heavy atom. The number of hydrogen-bond donors (Lipinski definition) is 2. The molecule has 0 atom stereocenters. The van der Waals surface area contributed by atoms with E-state index < -0.39 is 0 Å². The molecule has 2 aromatic rings. The van der Waals surface area contributed by atoms with E-state index in [1.54, 1.807) is 4.68 Å². The van der Waals surface area contributed by atoms with Gasteiger partial charge in [0.2, 0.25) is 0 Å². The van der Waals surface area contributed by atoms with Gasteiger partial charge in [0.05, 0.1) is 5.69 Å². The molecule has 0 saturated carbocycles. The molecule has 1 heterocycles. The van der Waals surface area contributed by atoms with Gasteiger partial charge >= 0.3 is 0 Å². The molecule has 0 unspecified atom stereocenters. The number of carbonyl (C=O) groups excluding carboxylic acids is 1. The van der Waals surface area contributed by atoms with Crippen LogP contribution in [0.25, 0.3) is 0 Å². The molecule has 2 N–H and O–H groups in total. The highest BCUT2D eigenvalue weighted by Gasteiger charge is 2.10. The molecule has 1 aromatic heterocycles.